The Morgan fingerprint density at radius 3 is 2.81 bits per heavy atom. The molecule has 2 aromatic carbocycles. The molecule has 21 heavy (non-hydrogen) atoms. The Hall–Kier alpha value is -2.60. The summed E-state index contributed by atoms with van der Waals surface area (Å²) in [6, 6.07) is 14.2. The number of hydrogen-bond acceptors (Lipinski definition) is 5. The molecule has 0 aliphatic heterocycles. The van der Waals surface area contributed by atoms with Crippen molar-refractivity contribution in [3.05, 3.63) is 59.1 Å². The topological polar surface area (TPSA) is 75.9 Å². The lowest BCUT2D eigenvalue weighted by molar-refractivity contribution is 0.474. The van der Waals surface area contributed by atoms with E-state index in [1.165, 1.54) is 0 Å². The number of aromatic nitrogens is 4. The zero-order valence-electron chi connectivity index (χ0n) is 10.9. The monoisotopic (exact) mass is 301 g/mol. The number of tetrazole rings is 1. The lowest BCUT2D eigenvalue weighted by Gasteiger charge is -2.07. The summed E-state index contributed by atoms with van der Waals surface area (Å²) in [4.78, 5) is 0. The third-order valence-electron chi connectivity index (χ3n) is 2.88. The van der Waals surface area contributed by atoms with E-state index in [0.29, 0.717) is 17.5 Å². The number of aromatic hydroxyl groups is 1. The van der Waals surface area contributed by atoms with Crippen molar-refractivity contribution in [3.8, 4) is 11.4 Å². The standard InChI is InChI=1S/C14H12ClN5O/c15-11-4-2-5-12(8-11)20-14(17-18-19-20)16-9-10-3-1-6-13(21)7-10/h1-8,21H,9H2,(H,16,17,19). The Labute approximate surface area is 126 Å². The Morgan fingerprint density at radius 1 is 1.14 bits per heavy atom. The van der Waals surface area contributed by atoms with Crippen molar-refractivity contribution < 1.29 is 5.11 Å². The summed E-state index contributed by atoms with van der Waals surface area (Å²) in [6.45, 7) is 0.495. The molecule has 0 saturated heterocycles. The van der Waals surface area contributed by atoms with Crippen molar-refractivity contribution in [2.24, 2.45) is 0 Å². The zero-order chi connectivity index (χ0) is 14.7. The summed E-state index contributed by atoms with van der Waals surface area (Å²) in [5.74, 6) is 0.726. The maximum absolute atomic E-state index is 9.45. The van der Waals surface area contributed by atoms with Crippen LogP contribution in [0.25, 0.3) is 5.69 Å². The minimum absolute atomic E-state index is 0.226. The first-order valence-electron chi connectivity index (χ1n) is 6.28. The van der Waals surface area contributed by atoms with Crippen LogP contribution in [0.5, 0.6) is 5.75 Å². The Kier molecular flexibility index (Phi) is 3.70. The second-order valence-electron chi connectivity index (χ2n) is 4.42. The van der Waals surface area contributed by atoms with Crippen molar-refractivity contribution in [2.45, 2.75) is 6.54 Å². The van der Waals surface area contributed by atoms with E-state index in [1.807, 2.05) is 18.2 Å². The van der Waals surface area contributed by atoms with Gasteiger partial charge < -0.3 is 10.4 Å². The Morgan fingerprint density at radius 2 is 2.00 bits per heavy atom. The van der Waals surface area contributed by atoms with Crippen LogP contribution in [0.4, 0.5) is 5.95 Å². The van der Waals surface area contributed by atoms with Crippen molar-refractivity contribution in [1.82, 2.24) is 20.2 Å². The molecule has 0 saturated carbocycles. The molecule has 7 heteroatoms. The van der Waals surface area contributed by atoms with Crippen LogP contribution in [0.3, 0.4) is 0 Å². The van der Waals surface area contributed by atoms with E-state index < -0.39 is 0 Å². The number of nitrogens with zero attached hydrogens (tertiary/aromatic N) is 4. The van der Waals surface area contributed by atoms with Crippen LogP contribution in [0, 0.1) is 0 Å². The Bertz CT molecular complexity index is 758. The minimum Gasteiger partial charge on any atom is -0.508 e. The van der Waals surface area contributed by atoms with Crippen LogP contribution < -0.4 is 5.32 Å². The number of phenolic OH excluding ortho intramolecular Hbond substituents is 1. The molecular formula is C14H12ClN5O. The highest BCUT2D eigenvalue weighted by Gasteiger charge is 2.08. The first kappa shape index (κ1) is 13.4. The average Bonchev–Trinajstić information content (AvgIpc) is 2.94. The van der Waals surface area contributed by atoms with E-state index in [9.17, 15) is 5.11 Å². The summed E-state index contributed by atoms with van der Waals surface area (Å²) in [5.41, 5.74) is 1.70. The van der Waals surface area contributed by atoms with Gasteiger partial charge in [0.25, 0.3) is 0 Å². The van der Waals surface area contributed by atoms with Gasteiger partial charge in [-0.25, -0.2) is 0 Å². The highest BCUT2D eigenvalue weighted by molar-refractivity contribution is 6.30. The van der Waals surface area contributed by atoms with Crippen molar-refractivity contribution in [3.63, 3.8) is 0 Å². The van der Waals surface area contributed by atoms with Gasteiger partial charge in [0.15, 0.2) is 0 Å². The zero-order valence-corrected chi connectivity index (χ0v) is 11.7. The molecule has 0 bridgehead atoms. The third kappa shape index (κ3) is 3.11. The molecule has 0 amide bonds. The van der Waals surface area contributed by atoms with Gasteiger partial charge in [0.05, 0.1) is 5.69 Å². The van der Waals surface area contributed by atoms with Crippen LogP contribution in [-0.4, -0.2) is 25.3 Å². The van der Waals surface area contributed by atoms with Gasteiger partial charge in [-0.2, -0.15) is 4.68 Å². The van der Waals surface area contributed by atoms with Gasteiger partial charge in [0.2, 0.25) is 5.95 Å². The second kappa shape index (κ2) is 5.80. The average molecular weight is 302 g/mol. The molecule has 6 nitrogen and oxygen atoms in total. The van der Waals surface area contributed by atoms with Gasteiger partial charge in [0, 0.05) is 11.6 Å². The lowest BCUT2D eigenvalue weighted by atomic mass is 10.2. The van der Waals surface area contributed by atoms with Crippen LogP contribution in [0.15, 0.2) is 48.5 Å². The molecule has 1 heterocycles. The fourth-order valence-corrected chi connectivity index (χ4v) is 2.11. The van der Waals surface area contributed by atoms with E-state index in [2.05, 4.69) is 20.8 Å². The van der Waals surface area contributed by atoms with Gasteiger partial charge in [0.1, 0.15) is 5.75 Å². The van der Waals surface area contributed by atoms with E-state index in [1.54, 1.807) is 35.0 Å². The van der Waals surface area contributed by atoms with Gasteiger partial charge in [-0.3, -0.25) is 0 Å². The smallest absolute Gasteiger partial charge is 0.248 e. The maximum Gasteiger partial charge on any atom is 0.248 e. The number of phenols is 1. The normalized spacial score (nSPS) is 10.5. The number of nitrogens with one attached hydrogen (secondary N) is 1. The highest BCUT2D eigenvalue weighted by atomic mass is 35.5. The first-order valence-corrected chi connectivity index (χ1v) is 6.66. The SMILES string of the molecule is Oc1cccc(CNc2nnnn2-c2cccc(Cl)c2)c1. The summed E-state index contributed by atoms with van der Waals surface area (Å²) in [5, 5.41) is 24.7. The molecular weight excluding hydrogens is 290 g/mol. The molecule has 3 rings (SSSR count). The molecule has 0 radical (unpaired) electrons. The lowest BCUT2D eigenvalue weighted by Crippen LogP contribution is -2.07. The molecule has 1 aromatic heterocycles. The van der Waals surface area contributed by atoms with Crippen molar-refractivity contribution in [1.29, 1.82) is 0 Å². The molecule has 0 spiro atoms. The van der Waals surface area contributed by atoms with Gasteiger partial charge in [-0.05, 0) is 46.3 Å². The number of rotatable bonds is 4. The first-order chi connectivity index (χ1) is 10.2. The Balaban J connectivity index is 1.80. The van der Waals surface area contributed by atoms with Crippen LogP contribution >= 0.6 is 11.6 Å². The molecule has 3 aromatic rings. The summed E-state index contributed by atoms with van der Waals surface area (Å²) < 4.78 is 1.56. The van der Waals surface area contributed by atoms with Crippen molar-refractivity contribution in [2.75, 3.05) is 5.32 Å². The molecule has 106 valence electrons. The van der Waals surface area contributed by atoms with Crippen LogP contribution in [0.2, 0.25) is 5.02 Å². The maximum atomic E-state index is 9.45. The largest absolute Gasteiger partial charge is 0.508 e. The predicted molar refractivity (Wildman–Crippen MR) is 79.6 cm³/mol. The fraction of sp³-hybridized carbons (Fsp3) is 0.0714. The molecule has 0 aliphatic rings. The predicted octanol–water partition coefficient (Wildman–Crippen LogP) is 2.63. The summed E-state index contributed by atoms with van der Waals surface area (Å²) in [7, 11) is 0. The summed E-state index contributed by atoms with van der Waals surface area (Å²) >= 11 is 5.97. The third-order valence-corrected chi connectivity index (χ3v) is 3.12. The second-order valence-corrected chi connectivity index (χ2v) is 4.85. The van der Waals surface area contributed by atoms with E-state index in [4.69, 9.17) is 11.6 Å². The number of halogens is 1. The highest BCUT2D eigenvalue weighted by Crippen LogP contribution is 2.17. The number of hydrogen-bond donors (Lipinski definition) is 2. The van der Waals surface area contributed by atoms with E-state index in [0.717, 1.165) is 11.3 Å². The fourth-order valence-electron chi connectivity index (χ4n) is 1.93. The van der Waals surface area contributed by atoms with E-state index in [-0.39, 0.29) is 5.75 Å². The minimum atomic E-state index is 0.226. The molecule has 0 aliphatic carbocycles. The number of anilines is 1. The molecule has 2 N–H and O–H groups in total. The quantitative estimate of drug-likeness (QED) is 0.775. The number of benzene rings is 2. The van der Waals surface area contributed by atoms with Gasteiger partial charge in [-0.15, -0.1) is 0 Å². The van der Waals surface area contributed by atoms with Crippen LogP contribution in [0.1, 0.15) is 5.56 Å². The molecule has 0 unspecified atom stereocenters. The van der Waals surface area contributed by atoms with Crippen LogP contribution in [-0.2, 0) is 6.54 Å². The molecule has 0 fully saturated rings. The van der Waals surface area contributed by atoms with E-state index >= 15 is 0 Å². The van der Waals surface area contributed by atoms with Gasteiger partial charge >= 0.3 is 0 Å². The van der Waals surface area contributed by atoms with Gasteiger partial charge in [-0.1, -0.05) is 34.9 Å². The van der Waals surface area contributed by atoms with Crippen molar-refractivity contribution >= 4 is 17.5 Å². The molecule has 0 atom stereocenters. The summed E-state index contributed by atoms with van der Waals surface area (Å²) in [6.07, 6.45) is 0.